The van der Waals surface area contributed by atoms with Gasteiger partial charge in [0.2, 0.25) is 0 Å². The van der Waals surface area contributed by atoms with E-state index < -0.39 is 0 Å². The lowest BCUT2D eigenvalue weighted by atomic mass is 10.00. The maximum atomic E-state index is 6.77. The predicted molar refractivity (Wildman–Crippen MR) is 229 cm³/mol. The molecule has 0 radical (unpaired) electrons. The molecule has 0 atom stereocenters. The van der Waals surface area contributed by atoms with Gasteiger partial charge < -0.3 is 8.98 Å². The highest BCUT2D eigenvalue weighted by molar-refractivity contribution is 6.25. The maximum Gasteiger partial charge on any atom is 0.164 e. The maximum absolute atomic E-state index is 6.77. The topological polar surface area (TPSA) is 56.7 Å². The van der Waals surface area contributed by atoms with Crippen LogP contribution >= 0.6 is 0 Å². The Bertz CT molecular complexity index is 3220. The standard InChI is InChI=1S/C51H32N4O/c1-4-14-33(15-5-1)37-18-12-19-38(32-37)51-53-49(35-16-6-2-7-17-35)52-50(54-51)36-28-26-34(27-29-36)40-23-13-24-43-46-45(56-48(40)43)31-30-42-41-22-10-11-25-44(41)55(47(42)46)39-20-8-3-9-21-39/h1-32H. The number of hydrogen-bond acceptors (Lipinski definition) is 4. The molecule has 0 N–H and O–H groups in total. The van der Waals surface area contributed by atoms with E-state index in [9.17, 15) is 0 Å². The normalized spacial score (nSPS) is 11.6. The zero-order chi connectivity index (χ0) is 37.0. The third-order valence-corrected chi connectivity index (χ3v) is 10.7. The molecule has 11 aromatic rings. The van der Waals surface area contributed by atoms with E-state index in [0.717, 1.165) is 72.1 Å². The molecule has 0 saturated carbocycles. The monoisotopic (exact) mass is 716 g/mol. The van der Waals surface area contributed by atoms with Gasteiger partial charge in [-0.1, -0.05) is 158 Å². The summed E-state index contributed by atoms with van der Waals surface area (Å²) < 4.78 is 9.14. The van der Waals surface area contributed by atoms with Gasteiger partial charge in [-0.25, -0.2) is 15.0 Å². The summed E-state index contributed by atoms with van der Waals surface area (Å²) in [6.07, 6.45) is 0. The lowest BCUT2D eigenvalue weighted by molar-refractivity contribution is 0.670. The first kappa shape index (κ1) is 31.9. The molecule has 56 heavy (non-hydrogen) atoms. The van der Waals surface area contributed by atoms with Gasteiger partial charge in [0.15, 0.2) is 17.5 Å². The molecule has 0 saturated heterocycles. The fraction of sp³-hybridized carbons (Fsp3) is 0. The van der Waals surface area contributed by atoms with E-state index in [0.29, 0.717) is 17.5 Å². The highest BCUT2D eigenvalue weighted by atomic mass is 16.3. The summed E-state index contributed by atoms with van der Waals surface area (Å²) in [5.74, 6) is 1.87. The van der Waals surface area contributed by atoms with E-state index in [1.54, 1.807) is 0 Å². The molecule has 262 valence electrons. The number of aromatic nitrogens is 4. The molecule has 5 heteroatoms. The van der Waals surface area contributed by atoms with Crippen LogP contribution in [0.2, 0.25) is 0 Å². The van der Waals surface area contributed by atoms with E-state index >= 15 is 0 Å². The van der Waals surface area contributed by atoms with Crippen LogP contribution in [0.15, 0.2) is 199 Å². The smallest absolute Gasteiger partial charge is 0.164 e. The number of benzene rings is 8. The molecular weight excluding hydrogens is 685 g/mol. The van der Waals surface area contributed by atoms with Gasteiger partial charge in [-0.05, 0) is 53.1 Å². The van der Waals surface area contributed by atoms with Crippen molar-refractivity contribution in [3.63, 3.8) is 0 Å². The second-order valence-corrected chi connectivity index (χ2v) is 14.0. The van der Waals surface area contributed by atoms with Gasteiger partial charge in [0, 0.05) is 44.1 Å². The van der Waals surface area contributed by atoms with Crippen LogP contribution in [0.25, 0.3) is 106 Å². The summed E-state index contributed by atoms with van der Waals surface area (Å²) in [5.41, 5.74) is 12.3. The van der Waals surface area contributed by atoms with Crippen LogP contribution < -0.4 is 0 Å². The molecule has 11 rings (SSSR count). The molecule has 3 heterocycles. The van der Waals surface area contributed by atoms with Gasteiger partial charge in [-0.2, -0.15) is 0 Å². The van der Waals surface area contributed by atoms with Crippen LogP contribution in [0.1, 0.15) is 0 Å². The van der Waals surface area contributed by atoms with Crippen LogP contribution in [-0.4, -0.2) is 19.5 Å². The Morgan fingerprint density at radius 3 is 1.68 bits per heavy atom. The molecule has 0 spiro atoms. The summed E-state index contributed by atoms with van der Waals surface area (Å²) in [7, 11) is 0. The Morgan fingerprint density at radius 2 is 0.929 bits per heavy atom. The molecule has 0 bridgehead atoms. The van der Waals surface area contributed by atoms with Crippen molar-refractivity contribution in [2.45, 2.75) is 0 Å². The molecule has 8 aromatic carbocycles. The lowest BCUT2D eigenvalue weighted by Crippen LogP contribution is -2.00. The van der Waals surface area contributed by atoms with Crippen molar-refractivity contribution in [2.24, 2.45) is 0 Å². The molecule has 0 aliphatic heterocycles. The van der Waals surface area contributed by atoms with Crippen molar-refractivity contribution in [2.75, 3.05) is 0 Å². The van der Waals surface area contributed by atoms with E-state index in [-0.39, 0.29) is 0 Å². The fourth-order valence-electron chi connectivity index (χ4n) is 8.03. The quantitative estimate of drug-likeness (QED) is 0.172. The van der Waals surface area contributed by atoms with Crippen molar-refractivity contribution in [3.8, 4) is 62.1 Å². The third-order valence-electron chi connectivity index (χ3n) is 10.7. The molecular formula is C51H32N4O. The Balaban J connectivity index is 1.04. The van der Waals surface area contributed by atoms with Gasteiger partial charge >= 0.3 is 0 Å². The summed E-state index contributed by atoms with van der Waals surface area (Å²) >= 11 is 0. The molecule has 5 nitrogen and oxygen atoms in total. The molecule has 0 unspecified atom stereocenters. The largest absolute Gasteiger partial charge is 0.455 e. The Labute approximate surface area is 322 Å². The number of rotatable bonds is 6. The predicted octanol–water partition coefficient (Wildman–Crippen LogP) is 13.2. The summed E-state index contributed by atoms with van der Waals surface area (Å²) in [6, 6.07) is 67.3. The molecule has 0 aliphatic carbocycles. The first-order chi connectivity index (χ1) is 27.8. The molecule has 3 aromatic heterocycles. The van der Waals surface area contributed by atoms with Crippen LogP contribution in [0.5, 0.6) is 0 Å². The molecule has 0 aliphatic rings. The van der Waals surface area contributed by atoms with Crippen molar-refractivity contribution in [1.29, 1.82) is 0 Å². The Kier molecular flexibility index (Phi) is 7.42. The minimum absolute atomic E-state index is 0.614. The Morgan fingerprint density at radius 1 is 0.375 bits per heavy atom. The number of hydrogen-bond donors (Lipinski definition) is 0. The van der Waals surface area contributed by atoms with Crippen LogP contribution in [-0.2, 0) is 0 Å². The highest BCUT2D eigenvalue weighted by Gasteiger charge is 2.21. The van der Waals surface area contributed by atoms with Crippen LogP contribution in [0.3, 0.4) is 0 Å². The number of fused-ring (bicyclic) bond motifs is 7. The van der Waals surface area contributed by atoms with Crippen molar-refractivity contribution < 1.29 is 4.42 Å². The van der Waals surface area contributed by atoms with Gasteiger partial charge in [0.25, 0.3) is 0 Å². The van der Waals surface area contributed by atoms with Crippen molar-refractivity contribution >= 4 is 43.7 Å². The first-order valence-electron chi connectivity index (χ1n) is 18.8. The van der Waals surface area contributed by atoms with Gasteiger partial charge in [-0.15, -0.1) is 0 Å². The van der Waals surface area contributed by atoms with E-state index in [1.807, 2.05) is 36.4 Å². The van der Waals surface area contributed by atoms with Crippen molar-refractivity contribution in [3.05, 3.63) is 194 Å². The average Bonchev–Trinajstić information content (AvgIpc) is 3.83. The second kappa shape index (κ2) is 13.0. The number of furan rings is 1. The number of para-hydroxylation sites is 3. The van der Waals surface area contributed by atoms with Crippen LogP contribution in [0.4, 0.5) is 0 Å². The summed E-state index contributed by atoms with van der Waals surface area (Å²) in [6.45, 7) is 0. The minimum atomic E-state index is 0.614. The summed E-state index contributed by atoms with van der Waals surface area (Å²) in [5, 5.41) is 4.61. The zero-order valence-electron chi connectivity index (χ0n) is 30.2. The average molecular weight is 717 g/mol. The highest BCUT2D eigenvalue weighted by Crippen LogP contribution is 2.43. The molecule has 0 fully saturated rings. The third kappa shape index (κ3) is 5.29. The van der Waals surface area contributed by atoms with E-state index in [1.165, 1.54) is 16.3 Å². The first-order valence-corrected chi connectivity index (χ1v) is 18.8. The minimum Gasteiger partial charge on any atom is -0.455 e. The van der Waals surface area contributed by atoms with Crippen LogP contribution in [0, 0.1) is 0 Å². The zero-order valence-corrected chi connectivity index (χ0v) is 30.2. The SMILES string of the molecule is c1ccc(-c2cccc(-c3nc(-c4ccccc4)nc(-c4ccc(-c5cccc6c5oc5ccc7c8ccccc8n(-c8ccccc8)c7c56)cc4)n3)c2)cc1. The van der Waals surface area contributed by atoms with Gasteiger partial charge in [-0.3, -0.25) is 0 Å². The van der Waals surface area contributed by atoms with Gasteiger partial charge in [0.1, 0.15) is 11.2 Å². The van der Waals surface area contributed by atoms with Gasteiger partial charge in [0.05, 0.1) is 16.4 Å². The van der Waals surface area contributed by atoms with E-state index in [2.05, 4.69) is 162 Å². The lowest BCUT2D eigenvalue weighted by Gasteiger charge is -2.10. The number of nitrogens with zero attached hydrogens (tertiary/aromatic N) is 4. The second-order valence-electron chi connectivity index (χ2n) is 14.0. The summed E-state index contributed by atoms with van der Waals surface area (Å²) in [4.78, 5) is 15.0. The molecule has 0 amide bonds. The fourth-order valence-corrected chi connectivity index (χ4v) is 8.03. The Hall–Kier alpha value is -7.63. The van der Waals surface area contributed by atoms with E-state index in [4.69, 9.17) is 19.4 Å². The van der Waals surface area contributed by atoms with Crippen molar-refractivity contribution in [1.82, 2.24) is 19.5 Å².